The predicted molar refractivity (Wildman–Crippen MR) is 81.5 cm³/mol. The molecule has 1 aliphatic carbocycles. The summed E-state index contributed by atoms with van der Waals surface area (Å²) in [6.45, 7) is 4.52. The quantitative estimate of drug-likeness (QED) is 0.877. The van der Waals surface area contributed by atoms with E-state index >= 15 is 0 Å². The highest BCUT2D eigenvalue weighted by atomic mass is 32.2. The van der Waals surface area contributed by atoms with E-state index in [9.17, 15) is 8.42 Å². The number of aliphatic hydroxyl groups excluding tert-OH is 1. The molecule has 0 aliphatic heterocycles. The first-order chi connectivity index (χ1) is 9.32. The summed E-state index contributed by atoms with van der Waals surface area (Å²) in [6.07, 6.45) is 4.43. The van der Waals surface area contributed by atoms with Gasteiger partial charge in [-0.25, -0.2) is 13.1 Å². The van der Waals surface area contributed by atoms with Gasteiger partial charge in [-0.15, -0.1) is 11.3 Å². The zero-order valence-corrected chi connectivity index (χ0v) is 13.7. The average molecular weight is 317 g/mol. The Morgan fingerprint density at radius 3 is 2.60 bits per heavy atom. The highest BCUT2D eigenvalue weighted by Crippen LogP contribution is 2.35. The Balaban J connectivity index is 2.00. The minimum absolute atomic E-state index is 0.0468. The van der Waals surface area contributed by atoms with E-state index < -0.39 is 10.0 Å². The molecule has 0 radical (unpaired) electrons. The van der Waals surface area contributed by atoms with E-state index in [2.05, 4.69) is 18.6 Å². The van der Waals surface area contributed by atoms with Gasteiger partial charge in [0.2, 0.25) is 10.0 Å². The molecule has 1 aromatic heterocycles. The standard InChI is InChI=1S/C14H23NO3S2/c1-14(2)8-5-11(6-9-14)15-20(17,18)13-4-3-12(19-13)7-10-16/h3-4,11,15-16H,5-10H2,1-2H3. The molecule has 0 aromatic carbocycles. The number of rotatable bonds is 5. The van der Waals surface area contributed by atoms with Crippen molar-refractivity contribution < 1.29 is 13.5 Å². The minimum Gasteiger partial charge on any atom is -0.396 e. The Bertz CT molecular complexity index is 539. The van der Waals surface area contributed by atoms with Crippen LogP contribution in [0.1, 0.15) is 44.4 Å². The van der Waals surface area contributed by atoms with Crippen molar-refractivity contribution in [3.05, 3.63) is 17.0 Å². The Labute approximate surface area is 125 Å². The maximum atomic E-state index is 12.3. The Kier molecular flexibility index (Phi) is 4.89. The largest absolute Gasteiger partial charge is 0.396 e. The highest BCUT2D eigenvalue weighted by Gasteiger charge is 2.30. The van der Waals surface area contributed by atoms with Gasteiger partial charge in [0.25, 0.3) is 0 Å². The SMILES string of the molecule is CC1(C)CCC(NS(=O)(=O)c2ccc(CCO)s2)CC1. The smallest absolute Gasteiger partial charge is 0.250 e. The van der Waals surface area contributed by atoms with Crippen LogP contribution in [0.2, 0.25) is 0 Å². The van der Waals surface area contributed by atoms with Crippen molar-refractivity contribution in [2.75, 3.05) is 6.61 Å². The first kappa shape index (κ1) is 15.9. The van der Waals surface area contributed by atoms with Crippen LogP contribution >= 0.6 is 11.3 Å². The van der Waals surface area contributed by atoms with Gasteiger partial charge in [-0.3, -0.25) is 0 Å². The van der Waals surface area contributed by atoms with Crippen LogP contribution in [0.25, 0.3) is 0 Å². The molecule has 114 valence electrons. The van der Waals surface area contributed by atoms with E-state index in [1.54, 1.807) is 12.1 Å². The number of thiophene rings is 1. The van der Waals surface area contributed by atoms with Crippen molar-refractivity contribution in [3.8, 4) is 0 Å². The van der Waals surface area contributed by atoms with Crippen LogP contribution in [-0.4, -0.2) is 26.2 Å². The predicted octanol–water partition coefficient (Wildman–Crippen LogP) is 2.53. The normalized spacial score (nSPS) is 20.1. The molecule has 0 unspecified atom stereocenters. The van der Waals surface area contributed by atoms with E-state index in [1.165, 1.54) is 11.3 Å². The summed E-state index contributed by atoms with van der Waals surface area (Å²) in [7, 11) is -3.41. The lowest BCUT2D eigenvalue weighted by Gasteiger charge is -2.34. The van der Waals surface area contributed by atoms with Gasteiger partial charge in [-0.1, -0.05) is 13.8 Å². The van der Waals surface area contributed by atoms with E-state index in [1.807, 2.05) is 0 Å². The van der Waals surface area contributed by atoms with Crippen molar-refractivity contribution >= 4 is 21.4 Å². The van der Waals surface area contributed by atoms with Gasteiger partial charge in [0.15, 0.2) is 0 Å². The van der Waals surface area contributed by atoms with Crippen molar-refractivity contribution in [1.29, 1.82) is 0 Å². The maximum Gasteiger partial charge on any atom is 0.250 e. The lowest BCUT2D eigenvalue weighted by molar-refractivity contribution is 0.218. The molecule has 1 aromatic rings. The minimum atomic E-state index is -3.41. The summed E-state index contributed by atoms with van der Waals surface area (Å²) in [6, 6.07) is 3.46. The fraction of sp³-hybridized carbons (Fsp3) is 0.714. The third kappa shape index (κ3) is 4.04. The maximum absolute atomic E-state index is 12.3. The molecule has 0 atom stereocenters. The molecule has 0 spiro atoms. The topological polar surface area (TPSA) is 66.4 Å². The summed E-state index contributed by atoms with van der Waals surface area (Å²) < 4.78 is 27.8. The van der Waals surface area contributed by atoms with Crippen LogP contribution in [0.3, 0.4) is 0 Å². The second kappa shape index (κ2) is 6.13. The van der Waals surface area contributed by atoms with E-state index in [0.29, 0.717) is 16.0 Å². The van der Waals surface area contributed by atoms with Crippen LogP contribution in [0.15, 0.2) is 16.3 Å². The lowest BCUT2D eigenvalue weighted by atomic mass is 9.76. The van der Waals surface area contributed by atoms with Gasteiger partial charge in [-0.05, 0) is 43.2 Å². The molecular formula is C14H23NO3S2. The first-order valence-corrected chi connectivity index (χ1v) is 9.34. The lowest BCUT2D eigenvalue weighted by Crippen LogP contribution is -2.38. The van der Waals surface area contributed by atoms with Crippen LogP contribution in [0.5, 0.6) is 0 Å². The molecule has 4 nitrogen and oxygen atoms in total. The van der Waals surface area contributed by atoms with Gasteiger partial charge in [0.05, 0.1) is 0 Å². The highest BCUT2D eigenvalue weighted by molar-refractivity contribution is 7.91. The van der Waals surface area contributed by atoms with Crippen molar-refractivity contribution in [2.24, 2.45) is 5.41 Å². The number of hydrogen-bond donors (Lipinski definition) is 2. The zero-order valence-electron chi connectivity index (χ0n) is 12.1. The molecule has 0 amide bonds. The fourth-order valence-corrected chi connectivity index (χ4v) is 5.21. The molecule has 2 rings (SSSR count). The third-order valence-electron chi connectivity index (χ3n) is 3.92. The Morgan fingerprint density at radius 2 is 2.00 bits per heavy atom. The summed E-state index contributed by atoms with van der Waals surface area (Å²) >= 11 is 1.24. The second-order valence-electron chi connectivity index (χ2n) is 6.25. The molecule has 20 heavy (non-hydrogen) atoms. The molecule has 0 bridgehead atoms. The summed E-state index contributed by atoms with van der Waals surface area (Å²) in [4.78, 5) is 0.901. The molecule has 6 heteroatoms. The Morgan fingerprint density at radius 1 is 1.35 bits per heavy atom. The third-order valence-corrected chi connectivity index (χ3v) is 7.08. The summed E-state index contributed by atoms with van der Waals surface area (Å²) in [5.74, 6) is 0. The summed E-state index contributed by atoms with van der Waals surface area (Å²) in [5, 5.41) is 8.88. The molecule has 0 saturated heterocycles. The van der Waals surface area contributed by atoms with Crippen molar-refractivity contribution in [2.45, 2.75) is 56.2 Å². The van der Waals surface area contributed by atoms with E-state index in [4.69, 9.17) is 5.11 Å². The molecule has 1 aliphatic rings. The van der Waals surface area contributed by atoms with E-state index in [0.717, 1.165) is 30.6 Å². The molecule has 2 N–H and O–H groups in total. The van der Waals surface area contributed by atoms with Gasteiger partial charge >= 0.3 is 0 Å². The van der Waals surface area contributed by atoms with Crippen LogP contribution in [-0.2, 0) is 16.4 Å². The number of hydrogen-bond acceptors (Lipinski definition) is 4. The Hall–Kier alpha value is -0.430. The average Bonchev–Trinajstić information content (AvgIpc) is 2.82. The number of aliphatic hydroxyl groups is 1. The van der Waals surface area contributed by atoms with Gasteiger partial charge in [0, 0.05) is 23.9 Å². The molecule has 1 fully saturated rings. The molecule has 1 heterocycles. The van der Waals surface area contributed by atoms with Crippen LogP contribution < -0.4 is 4.72 Å². The van der Waals surface area contributed by atoms with Gasteiger partial charge in [0.1, 0.15) is 4.21 Å². The zero-order chi connectivity index (χ0) is 14.8. The number of nitrogens with one attached hydrogen (secondary N) is 1. The fourth-order valence-electron chi connectivity index (χ4n) is 2.54. The van der Waals surface area contributed by atoms with Crippen molar-refractivity contribution in [3.63, 3.8) is 0 Å². The monoisotopic (exact) mass is 317 g/mol. The second-order valence-corrected chi connectivity index (χ2v) is 9.36. The molecular weight excluding hydrogens is 294 g/mol. The van der Waals surface area contributed by atoms with Gasteiger partial charge < -0.3 is 5.11 Å². The van der Waals surface area contributed by atoms with Crippen LogP contribution in [0, 0.1) is 5.41 Å². The molecule has 1 saturated carbocycles. The van der Waals surface area contributed by atoms with E-state index in [-0.39, 0.29) is 12.6 Å². The van der Waals surface area contributed by atoms with Crippen molar-refractivity contribution in [1.82, 2.24) is 4.72 Å². The van der Waals surface area contributed by atoms with Gasteiger partial charge in [-0.2, -0.15) is 0 Å². The van der Waals surface area contributed by atoms with Crippen LogP contribution in [0.4, 0.5) is 0 Å². The number of sulfonamides is 1. The first-order valence-electron chi connectivity index (χ1n) is 7.04. The summed E-state index contributed by atoms with van der Waals surface area (Å²) in [5.41, 5.74) is 0.333.